The summed E-state index contributed by atoms with van der Waals surface area (Å²) in [7, 11) is 3.18. The molecular formula is C22H31NO4. The highest BCUT2D eigenvalue weighted by Crippen LogP contribution is 2.59. The van der Waals surface area contributed by atoms with E-state index in [1.54, 1.807) is 14.2 Å². The van der Waals surface area contributed by atoms with Gasteiger partial charge in [-0.05, 0) is 86.3 Å². The molecule has 5 rings (SSSR count). The summed E-state index contributed by atoms with van der Waals surface area (Å²) in [6.45, 7) is 2.73. The molecule has 0 spiro atoms. The van der Waals surface area contributed by atoms with E-state index in [2.05, 4.69) is 5.32 Å². The van der Waals surface area contributed by atoms with Gasteiger partial charge in [0.15, 0.2) is 18.1 Å². The molecule has 0 heterocycles. The molecule has 0 aromatic heterocycles. The van der Waals surface area contributed by atoms with Gasteiger partial charge in [0.25, 0.3) is 5.91 Å². The third-order valence-corrected chi connectivity index (χ3v) is 6.78. The average molecular weight is 373 g/mol. The molecule has 0 unspecified atom stereocenters. The second kappa shape index (κ2) is 7.25. The van der Waals surface area contributed by atoms with Crippen LogP contribution in [0.2, 0.25) is 0 Å². The average Bonchev–Trinajstić information content (AvgIpc) is 2.63. The van der Waals surface area contributed by atoms with Crippen molar-refractivity contribution in [3.8, 4) is 17.2 Å². The fraction of sp³-hybridized carbons (Fsp3) is 0.682. The zero-order valence-electron chi connectivity index (χ0n) is 16.7. The van der Waals surface area contributed by atoms with Crippen LogP contribution in [0.4, 0.5) is 0 Å². The van der Waals surface area contributed by atoms with Crippen molar-refractivity contribution in [1.29, 1.82) is 0 Å². The highest BCUT2D eigenvalue weighted by molar-refractivity contribution is 5.77. The van der Waals surface area contributed by atoms with Gasteiger partial charge in [-0.25, -0.2) is 0 Å². The number of carbonyl (C=O) groups excluding carboxylic acids is 1. The van der Waals surface area contributed by atoms with E-state index in [0.29, 0.717) is 22.7 Å². The van der Waals surface area contributed by atoms with Crippen LogP contribution in [0.1, 0.15) is 44.1 Å². The van der Waals surface area contributed by atoms with Gasteiger partial charge in [0.1, 0.15) is 0 Å². The monoisotopic (exact) mass is 373 g/mol. The lowest BCUT2D eigenvalue weighted by Crippen LogP contribution is -2.51. The molecule has 5 nitrogen and oxygen atoms in total. The Morgan fingerprint density at radius 2 is 1.56 bits per heavy atom. The minimum Gasteiger partial charge on any atom is -0.493 e. The van der Waals surface area contributed by atoms with E-state index >= 15 is 0 Å². The number of rotatable bonds is 7. The molecule has 1 aromatic carbocycles. The zero-order chi connectivity index (χ0) is 19.0. The first kappa shape index (κ1) is 18.5. The molecule has 1 N–H and O–H groups in total. The molecule has 4 aliphatic rings. The van der Waals surface area contributed by atoms with E-state index in [9.17, 15) is 4.79 Å². The molecule has 4 bridgehead atoms. The van der Waals surface area contributed by atoms with Gasteiger partial charge in [-0.3, -0.25) is 4.79 Å². The summed E-state index contributed by atoms with van der Waals surface area (Å²) < 4.78 is 16.6. The molecular weight excluding hydrogens is 342 g/mol. The van der Waals surface area contributed by atoms with E-state index in [1.807, 2.05) is 19.1 Å². The number of nitrogens with one attached hydrogen (secondary N) is 1. The topological polar surface area (TPSA) is 56.8 Å². The van der Waals surface area contributed by atoms with Crippen molar-refractivity contribution in [2.75, 3.05) is 27.4 Å². The normalized spacial score (nSPS) is 30.9. The first-order chi connectivity index (χ1) is 13.0. The maximum atomic E-state index is 12.5. The fourth-order valence-corrected chi connectivity index (χ4v) is 6.13. The Hall–Kier alpha value is -1.91. The summed E-state index contributed by atoms with van der Waals surface area (Å²) >= 11 is 0. The van der Waals surface area contributed by atoms with Crippen LogP contribution in [0.3, 0.4) is 0 Å². The highest BCUT2D eigenvalue weighted by atomic mass is 16.5. The summed E-state index contributed by atoms with van der Waals surface area (Å²) in [5.41, 5.74) is 1.35. The highest BCUT2D eigenvalue weighted by Gasteiger charge is 2.50. The molecule has 4 saturated carbocycles. The smallest absolute Gasteiger partial charge is 0.257 e. The van der Waals surface area contributed by atoms with Crippen molar-refractivity contribution in [1.82, 2.24) is 5.32 Å². The van der Waals surface area contributed by atoms with Crippen LogP contribution < -0.4 is 19.5 Å². The van der Waals surface area contributed by atoms with Gasteiger partial charge < -0.3 is 19.5 Å². The summed E-state index contributed by atoms with van der Waals surface area (Å²) in [6.07, 6.45) is 8.13. The maximum Gasteiger partial charge on any atom is 0.257 e. The van der Waals surface area contributed by atoms with Gasteiger partial charge in [0, 0.05) is 6.54 Å². The van der Waals surface area contributed by atoms with E-state index in [4.69, 9.17) is 14.2 Å². The summed E-state index contributed by atoms with van der Waals surface area (Å²) in [4.78, 5) is 12.5. The van der Waals surface area contributed by atoms with Crippen LogP contribution in [0.5, 0.6) is 17.2 Å². The molecule has 0 aliphatic heterocycles. The molecule has 27 heavy (non-hydrogen) atoms. The van der Waals surface area contributed by atoms with Crippen LogP contribution in [0, 0.1) is 30.1 Å². The van der Waals surface area contributed by atoms with E-state index in [-0.39, 0.29) is 12.5 Å². The molecule has 1 aromatic rings. The second-order valence-corrected chi connectivity index (χ2v) is 8.98. The number of methoxy groups -OCH3 is 2. The fourth-order valence-electron chi connectivity index (χ4n) is 6.13. The third kappa shape index (κ3) is 3.74. The number of hydrogen-bond acceptors (Lipinski definition) is 4. The van der Waals surface area contributed by atoms with E-state index < -0.39 is 0 Å². The number of ether oxygens (including phenoxy) is 3. The van der Waals surface area contributed by atoms with Crippen LogP contribution in [-0.2, 0) is 4.79 Å². The van der Waals surface area contributed by atoms with Crippen LogP contribution in [0.15, 0.2) is 12.1 Å². The molecule has 1 amide bonds. The number of hydrogen-bond donors (Lipinski definition) is 1. The summed E-state index contributed by atoms with van der Waals surface area (Å²) in [5.74, 6) is 4.26. The molecule has 0 atom stereocenters. The first-order valence-electron chi connectivity index (χ1n) is 10.1. The SMILES string of the molecule is COc1cc(C)cc(OC)c1OCC(=O)NCC12CC3CC(CC(C3)C1)C2. The van der Waals surface area contributed by atoms with Crippen molar-refractivity contribution in [2.45, 2.75) is 45.4 Å². The summed E-state index contributed by atoms with van der Waals surface area (Å²) in [5, 5.41) is 3.15. The minimum atomic E-state index is -0.0737. The number of carbonyl (C=O) groups is 1. The largest absolute Gasteiger partial charge is 0.493 e. The predicted molar refractivity (Wildman–Crippen MR) is 103 cm³/mol. The molecule has 5 heteroatoms. The first-order valence-corrected chi connectivity index (χ1v) is 10.1. The lowest BCUT2D eigenvalue weighted by Gasteiger charge is -2.56. The molecule has 4 fully saturated rings. The Morgan fingerprint density at radius 3 is 2.04 bits per heavy atom. The standard InChI is InChI=1S/C22H31NO4/c1-14-4-18(25-2)21(19(5-14)26-3)27-12-20(24)23-13-22-9-15-6-16(10-22)8-17(7-15)11-22/h4-5,15-17H,6-13H2,1-3H3,(H,23,24). The second-order valence-electron chi connectivity index (χ2n) is 8.98. The Balaban J connectivity index is 1.34. The van der Waals surface area contributed by atoms with Gasteiger partial charge in [0.05, 0.1) is 14.2 Å². The number of benzene rings is 1. The van der Waals surface area contributed by atoms with Gasteiger partial charge in [-0.15, -0.1) is 0 Å². The Bertz CT molecular complexity index is 654. The lowest BCUT2D eigenvalue weighted by molar-refractivity contribution is -0.125. The van der Waals surface area contributed by atoms with Crippen LogP contribution >= 0.6 is 0 Å². The van der Waals surface area contributed by atoms with Crippen LogP contribution in [-0.4, -0.2) is 33.3 Å². The van der Waals surface area contributed by atoms with Gasteiger partial charge >= 0.3 is 0 Å². The summed E-state index contributed by atoms with van der Waals surface area (Å²) in [6, 6.07) is 3.76. The molecule has 4 aliphatic carbocycles. The van der Waals surface area contributed by atoms with Crippen molar-refractivity contribution in [3.63, 3.8) is 0 Å². The van der Waals surface area contributed by atoms with Crippen molar-refractivity contribution in [3.05, 3.63) is 17.7 Å². The number of amides is 1. The van der Waals surface area contributed by atoms with Crippen molar-refractivity contribution < 1.29 is 19.0 Å². The lowest BCUT2D eigenvalue weighted by atomic mass is 9.49. The van der Waals surface area contributed by atoms with Crippen molar-refractivity contribution >= 4 is 5.91 Å². The van der Waals surface area contributed by atoms with E-state index in [0.717, 1.165) is 29.9 Å². The van der Waals surface area contributed by atoms with Gasteiger partial charge in [-0.1, -0.05) is 0 Å². The third-order valence-electron chi connectivity index (χ3n) is 6.78. The quantitative estimate of drug-likeness (QED) is 0.791. The molecule has 0 saturated heterocycles. The Morgan fingerprint density at radius 1 is 1.04 bits per heavy atom. The van der Waals surface area contributed by atoms with E-state index in [1.165, 1.54) is 38.5 Å². The van der Waals surface area contributed by atoms with Gasteiger partial charge in [0.2, 0.25) is 5.75 Å². The Kier molecular flexibility index (Phi) is 4.95. The van der Waals surface area contributed by atoms with Gasteiger partial charge in [-0.2, -0.15) is 0 Å². The Labute approximate surface area is 161 Å². The van der Waals surface area contributed by atoms with Crippen molar-refractivity contribution in [2.24, 2.45) is 23.2 Å². The minimum absolute atomic E-state index is 0.0256. The zero-order valence-corrected chi connectivity index (χ0v) is 16.7. The predicted octanol–water partition coefficient (Wildman–Crippen LogP) is 3.72. The molecule has 0 radical (unpaired) electrons. The maximum absolute atomic E-state index is 12.5. The van der Waals surface area contributed by atoms with Crippen LogP contribution in [0.25, 0.3) is 0 Å². The number of aryl methyl sites for hydroxylation is 1. The molecule has 148 valence electrons.